The van der Waals surface area contributed by atoms with Crippen LogP contribution in [0.15, 0.2) is 83.8 Å². The molecule has 4 rings (SSSR count). The minimum atomic E-state index is -3.93. The third-order valence-electron chi connectivity index (χ3n) is 6.34. The van der Waals surface area contributed by atoms with Crippen LogP contribution in [-0.2, 0) is 25.8 Å². The third kappa shape index (κ3) is 5.00. The maximum absolute atomic E-state index is 13.2. The molecule has 34 heavy (non-hydrogen) atoms. The van der Waals surface area contributed by atoms with Crippen molar-refractivity contribution in [2.75, 3.05) is 19.8 Å². The molecule has 0 saturated carbocycles. The van der Waals surface area contributed by atoms with Crippen LogP contribution in [0.3, 0.4) is 0 Å². The molecule has 0 atom stereocenters. The molecular weight excluding hydrogens is 450 g/mol. The lowest BCUT2D eigenvalue weighted by Gasteiger charge is -2.33. The number of hydrogen-bond acceptors (Lipinski definition) is 5. The first-order chi connectivity index (χ1) is 16.4. The van der Waals surface area contributed by atoms with Gasteiger partial charge in [-0.3, -0.25) is 4.79 Å². The Labute approximate surface area is 200 Å². The van der Waals surface area contributed by atoms with Gasteiger partial charge >= 0.3 is 0 Å². The number of aryl methyl sites for hydroxylation is 1. The predicted molar refractivity (Wildman–Crippen MR) is 131 cm³/mol. The van der Waals surface area contributed by atoms with Crippen LogP contribution in [0.25, 0.3) is 11.1 Å². The standard InChI is InChI=1S/C27H29NO5S/c28-26(29)27(16-19-32-20-17-27)34(30,31)25-14-12-24(13-15-25)33-18-4-5-21-8-10-23(11-9-21)22-6-2-1-3-7-22/h1-3,6-15H,4-5,16-20H2,(H2,28,29). The normalized spacial score (nSPS) is 15.5. The number of rotatable bonds is 9. The Hall–Kier alpha value is -3.16. The van der Waals surface area contributed by atoms with Gasteiger partial charge in [-0.05, 0) is 66.6 Å². The van der Waals surface area contributed by atoms with Crippen molar-refractivity contribution in [2.45, 2.75) is 35.3 Å². The molecule has 0 aromatic heterocycles. The summed E-state index contributed by atoms with van der Waals surface area (Å²) in [7, 11) is -3.93. The average Bonchev–Trinajstić information content (AvgIpc) is 2.88. The Kier molecular flexibility index (Phi) is 7.34. The quantitative estimate of drug-likeness (QED) is 0.465. The van der Waals surface area contributed by atoms with E-state index in [1.165, 1.54) is 28.8 Å². The molecule has 1 aliphatic rings. The van der Waals surface area contributed by atoms with Gasteiger partial charge in [0.15, 0.2) is 14.6 Å². The summed E-state index contributed by atoms with van der Waals surface area (Å²) in [5.74, 6) is -0.244. The fourth-order valence-corrected chi connectivity index (χ4v) is 6.16. The van der Waals surface area contributed by atoms with Crippen LogP contribution in [-0.4, -0.2) is 38.9 Å². The number of carbonyl (C=O) groups excluding carboxylic acids is 1. The summed E-state index contributed by atoms with van der Waals surface area (Å²) in [5.41, 5.74) is 9.14. The lowest BCUT2D eigenvalue weighted by atomic mass is 9.98. The fraction of sp³-hybridized carbons (Fsp3) is 0.296. The molecule has 1 fully saturated rings. The topological polar surface area (TPSA) is 95.7 Å². The van der Waals surface area contributed by atoms with Gasteiger partial charge < -0.3 is 15.2 Å². The van der Waals surface area contributed by atoms with Crippen LogP contribution >= 0.6 is 0 Å². The molecule has 7 heteroatoms. The minimum absolute atomic E-state index is 0.0647. The van der Waals surface area contributed by atoms with Gasteiger partial charge in [-0.15, -0.1) is 0 Å². The molecule has 3 aromatic rings. The van der Waals surface area contributed by atoms with Gasteiger partial charge in [0.25, 0.3) is 0 Å². The van der Waals surface area contributed by atoms with Crippen molar-refractivity contribution >= 4 is 15.7 Å². The molecule has 6 nitrogen and oxygen atoms in total. The van der Waals surface area contributed by atoms with E-state index >= 15 is 0 Å². The molecule has 1 aliphatic heterocycles. The Bertz CT molecular complexity index is 1200. The number of benzene rings is 3. The first kappa shape index (κ1) is 24.0. The Morgan fingerprint density at radius 1 is 0.882 bits per heavy atom. The maximum atomic E-state index is 13.2. The summed E-state index contributed by atoms with van der Waals surface area (Å²) in [5, 5.41) is 0. The molecule has 0 radical (unpaired) electrons. The van der Waals surface area contributed by atoms with Crippen LogP contribution in [0, 0.1) is 0 Å². The SMILES string of the molecule is NC(=O)C1(S(=O)(=O)c2ccc(OCCCc3ccc(-c4ccccc4)cc3)cc2)CCOCC1. The van der Waals surface area contributed by atoms with Crippen molar-refractivity contribution in [3.8, 4) is 16.9 Å². The van der Waals surface area contributed by atoms with Gasteiger partial charge in [-0.1, -0.05) is 54.6 Å². The van der Waals surface area contributed by atoms with Crippen molar-refractivity contribution in [1.82, 2.24) is 0 Å². The van der Waals surface area contributed by atoms with E-state index in [0.717, 1.165) is 12.8 Å². The molecule has 0 unspecified atom stereocenters. The molecule has 178 valence electrons. The summed E-state index contributed by atoms with van der Waals surface area (Å²) in [6.07, 6.45) is 1.84. The number of amides is 1. The lowest BCUT2D eigenvalue weighted by Crippen LogP contribution is -2.53. The monoisotopic (exact) mass is 479 g/mol. The summed E-state index contributed by atoms with van der Waals surface area (Å²) < 4.78 is 35.8. The largest absolute Gasteiger partial charge is 0.494 e. The zero-order valence-corrected chi connectivity index (χ0v) is 19.8. The van der Waals surface area contributed by atoms with E-state index in [4.69, 9.17) is 15.2 Å². The smallest absolute Gasteiger partial charge is 0.239 e. The van der Waals surface area contributed by atoms with Crippen LogP contribution in [0.2, 0.25) is 0 Å². The molecule has 2 N–H and O–H groups in total. The van der Waals surface area contributed by atoms with Crippen LogP contribution in [0.1, 0.15) is 24.8 Å². The molecular formula is C27H29NO5S. The molecule has 0 aliphatic carbocycles. The van der Waals surface area contributed by atoms with Gasteiger partial charge in [-0.2, -0.15) is 0 Å². The first-order valence-corrected chi connectivity index (χ1v) is 12.9. The number of sulfone groups is 1. The molecule has 1 heterocycles. The molecule has 0 bridgehead atoms. The van der Waals surface area contributed by atoms with E-state index in [1.807, 2.05) is 18.2 Å². The van der Waals surface area contributed by atoms with E-state index in [1.54, 1.807) is 12.1 Å². The van der Waals surface area contributed by atoms with Gasteiger partial charge in [0.2, 0.25) is 5.91 Å². The van der Waals surface area contributed by atoms with Gasteiger partial charge in [0, 0.05) is 13.2 Å². The van der Waals surface area contributed by atoms with E-state index in [-0.39, 0.29) is 31.0 Å². The predicted octanol–water partition coefficient (Wildman–Crippen LogP) is 4.17. The Balaban J connectivity index is 1.31. The lowest BCUT2D eigenvalue weighted by molar-refractivity contribution is -0.122. The maximum Gasteiger partial charge on any atom is 0.239 e. The van der Waals surface area contributed by atoms with Crippen molar-refractivity contribution in [1.29, 1.82) is 0 Å². The molecule has 1 saturated heterocycles. The molecule has 0 spiro atoms. The highest BCUT2D eigenvalue weighted by Gasteiger charge is 2.51. The van der Waals surface area contributed by atoms with Crippen molar-refractivity contribution in [3.05, 3.63) is 84.4 Å². The highest BCUT2D eigenvalue weighted by atomic mass is 32.2. The second kappa shape index (κ2) is 10.4. The summed E-state index contributed by atoms with van der Waals surface area (Å²) >= 11 is 0. The number of hydrogen-bond donors (Lipinski definition) is 1. The molecule has 3 aromatic carbocycles. The van der Waals surface area contributed by atoms with E-state index in [0.29, 0.717) is 12.4 Å². The zero-order chi connectivity index (χ0) is 24.0. The van der Waals surface area contributed by atoms with Crippen LogP contribution in [0.4, 0.5) is 0 Å². The Morgan fingerprint density at radius 3 is 2.12 bits per heavy atom. The van der Waals surface area contributed by atoms with Crippen molar-refractivity contribution in [2.24, 2.45) is 5.73 Å². The average molecular weight is 480 g/mol. The second-order valence-corrected chi connectivity index (χ2v) is 10.7. The summed E-state index contributed by atoms with van der Waals surface area (Å²) in [6.45, 7) is 0.895. The summed E-state index contributed by atoms with van der Waals surface area (Å²) in [6, 6.07) is 25.0. The first-order valence-electron chi connectivity index (χ1n) is 11.4. The minimum Gasteiger partial charge on any atom is -0.494 e. The number of nitrogens with two attached hydrogens (primary N) is 1. The fourth-order valence-electron chi connectivity index (χ4n) is 4.25. The zero-order valence-electron chi connectivity index (χ0n) is 19.0. The number of ether oxygens (including phenoxy) is 2. The van der Waals surface area contributed by atoms with Crippen molar-refractivity contribution < 1.29 is 22.7 Å². The third-order valence-corrected chi connectivity index (χ3v) is 8.87. The second-order valence-electron chi connectivity index (χ2n) is 8.46. The van der Waals surface area contributed by atoms with E-state index in [2.05, 4.69) is 36.4 Å². The van der Waals surface area contributed by atoms with Gasteiger partial charge in [0.1, 0.15) is 5.75 Å². The highest BCUT2D eigenvalue weighted by Crippen LogP contribution is 2.35. The number of carbonyl (C=O) groups is 1. The number of primary amides is 1. The van der Waals surface area contributed by atoms with E-state index in [9.17, 15) is 13.2 Å². The van der Waals surface area contributed by atoms with E-state index < -0.39 is 20.5 Å². The summed E-state index contributed by atoms with van der Waals surface area (Å²) in [4.78, 5) is 12.2. The molecule has 1 amide bonds. The highest BCUT2D eigenvalue weighted by molar-refractivity contribution is 7.93. The van der Waals surface area contributed by atoms with Gasteiger partial charge in [-0.25, -0.2) is 8.42 Å². The van der Waals surface area contributed by atoms with Gasteiger partial charge in [0.05, 0.1) is 11.5 Å². The van der Waals surface area contributed by atoms with Crippen molar-refractivity contribution in [3.63, 3.8) is 0 Å². The Morgan fingerprint density at radius 2 is 1.50 bits per heavy atom. The van der Waals surface area contributed by atoms with Crippen LogP contribution < -0.4 is 10.5 Å². The van der Waals surface area contributed by atoms with Crippen LogP contribution in [0.5, 0.6) is 5.75 Å².